The van der Waals surface area contributed by atoms with E-state index in [9.17, 15) is 4.79 Å². The number of hydrogen-bond donors (Lipinski definition) is 0. The minimum atomic E-state index is 0.0702. The maximum absolute atomic E-state index is 13.1. The highest BCUT2D eigenvalue weighted by atomic mass is 32.1. The first-order chi connectivity index (χ1) is 14.0. The molecule has 4 rings (SSSR count). The Bertz CT molecular complexity index is 1160. The summed E-state index contributed by atoms with van der Waals surface area (Å²) in [4.78, 5) is 19.9. The van der Waals surface area contributed by atoms with Gasteiger partial charge in [0.05, 0.1) is 18.6 Å². The molecule has 0 saturated heterocycles. The van der Waals surface area contributed by atoms with Gasteiger partial charge in [-0.15, -0.1) is 11.3 Å². The van der Waals surface area contributed by atoms with E-state index in [0.29, 0.717) is 19.8 Å². The van der Waals surface area contributed by atoms with Crippen LogP contribution in [0.4, 0.5) is 0 Å². The van der Waals surface area contributed by atoms with Gasteiger partial charge in [0.15, 0.2) is 11.5 Å². The summed E-state index contributed by atoms with van der Waals surface area (Å²) in [6.07, 6.45) is 3.80. The average molecular weight is 411 g/mol. The molecule has 29 heavy (non-hydrogen) atoms. The van der Waals surface area contributed by atoms with Crippen LogP contribution in [0.25, 0.3) is 21.9 Å². The van der Waals surface area contributed by atoms with Gasteiger partial charge in [-0.3, -0.25) is 9.36 Å². The molecule has 6 heteroatoms. The number of nitrogens with zero attached hydrogens (tertiary/aromatic N) is 2. The van der Waals surface area contributed by atoms with Gasteiger partial charge in [0.25, 0.3) is 5.56 Å². The predicted octanol–water partition coefficient (Wildman–Crippen LogP) is 5.21. The third kappa shape index (κ3) is 3.46. The van der Waals surface area contributed by atoms with Gasteiger partial charge in [-0.1, -0.05) is 19.1 Å². The molecule has 3 heterocycles. The van der Waals surface area contributed by atoms with Gasteiger partial charge in [-0.05, 0) is 56.9 Å². The van der Waals surface area contributed by atoms with Crippen LogP contribution in [-0.2, 0) is 6.54 Å². The van der Waals surface area contributed by atoms with Gasteiger partial charge in [-0.2, -0.15) is 0 Å². The zero-order valence-corrected chi connectivity index (χ0v) is 18.2. The summed E-state index contributed by atoms with van der Waals surface area (Å²) >= 11 is 1.59. The summed E-state index contributed by atoms with van der Waals surface area (Å²) < 4.78 is 13.6. The van der Waals surface area contributed by atoms with Crippen molar-refractivity contribution in [3.05, 3.63) is 50.4 Å². The van der Waals surface area contributed by atoms with Gasteiger partial charge in [0.1, 0.15) is 10.7 Å². The fourth-order valence-corrected chi connectivity index (χ4v) is 4.74. The Balaban J connectivity index is 1.83. The predicted molar refractivity (Wildman–Crippen MR) is 119 cm³/mol. The molecule has 5 nitrogen and oxygen atoms in total. The minimum absolute atomic E-state index is 0.0702. The Morgan fingerprint density at radius 3 is 2.83 bits per heavy atom. The Hall–Kier alpha value is -2.60. The molecule has 0 aliphatic carbocycles. The lowest BCUT2D eigenvalue weighted by Gasteiger charge is -2.14. The number of aromatic nitrogens is 2. The smallest absolute Gasteiger partial charge is 0.262 e. The molecular formula is C23H26N2O3S. The van der Waals surface area contributed by atoms with Crippen molar-refractivity contribution in [3.63, 3.8) is 0 Å². The van der Waals surface area contributed by atoms with Crippen molar-refractivity contribution in [2.45, 2.75) is 47.1 Å². The zero-order valence-electron chi connectivity index (χ0n) is 17.4. The summed E-state index contributed by atoms with van der Waals surface area (Å²) in [6.45, 7) is 9.97. The minimum Gasteiger partial charge on any atom is -0.490 e. The summed E-state index contributed by atoms with van der Waals surface area (Å²) in [7, 11) is 0. The molecule has 0 spiro atoms. The Morgan fingerprint density at radius 1 is 1.24 bits per heavy atom. The highest BCUT2D eigenvalue weighted by Gasteiger charge is 2.24. The van der Waals surface area contributed by atoms with E-state index in [4.69, 9.17) is 14.5 Å². The normalized spacial score (nSPS) is 14.6. The van der Waals surface area contributed by atoms with Crippen LogP contribution in [0, 0.1) is 13.8 Å². The number of allylic oxidation sites excluding steroid dienone is 1. The van der Waals surface area contributed by atoms with Crippen molar-refractivity contribution in [1.29, 1.82) is 0 Å². The summed E-state index contributed by atoms with van der Waals surface area (Å²) in [5.41, 5.74) is 3.14. The van der Waals surface area contributed by atoms with Crippen molar-refractivity contribution in [3.8, 4) is 11.5 Å². The molecule has 1 aliphatic heterocycles. The molecule has 2 aromatic heterocycles. The van der Waals surface area contributed by atoms with Crippen LogP contribution in [0.1, 0.15) is 48.5 Å². The first-order valence-electron chi connectivity index (χ1n) is 10.1. The molecule has 0 N–H and O–H groups in total. The first kappa shape index (κ1) is 19.7. The monoisotopic (exact) mass is 410 g/mol. The molecule has 1 aromatic carbocycles. The molecule has 152 valence electrons. The standard InChI is InChI=1S/C23H26N2O3S/c1-5-12-28-20-16(8-7-9-18(20)27-6-2)13-17-10-11-25-21(17)24-22-19(23(25)26)14(3)15(4)29-22/h7-9,13H,5-6,10-12H2,1-4H3/b17-13+. The fraction of sp³-hybridized carbons (Fsp3) is 0.391. The van der Waals surface area contributed by atoms with Gasteiger partial charge in [-0.25, -0.2) is 4.98 Å². The van der Waals surface area contributed by atoms with E-state index in [2.05, 4.69) is 13.0 Å². The Kier molecular flexibility index (Phi) is 5.46. The van der Waals surface area contributed by atoms with Crippen molar-refractivity contribution >= 4 is 33.2 Å². The molecule has 0 radical (unpaired) electrons. The second-order valence-electron chi connectivity index (χ2n) is 7.23. The molecule has 1 aliphatic rings. The number of ether oxygens (including phenoxy) is 2. The second kappa shape index (κ2) is 8.03. The van der Waals surface area contributed by atoms with Crippen LogP contribution in [0.2, 0.25) is 0 Å². The van der Waals surface area contributed by atoms with Crippen LogP contribution in [0.15, 0.2) is 23.0 Å². The van der Waals surface area contributed by atoms with Crippen molar-refractivity contribution in [2.24, 2.45) is 0 Å². The van der Waals surface area contributed by atoms with E-state index >= 15 is 0 Å². The summed E-state index contributed by atoms with van der Waals surface area (Å²) in [5.74, 6) is 2.28. The van der Waals surface area contributed by atoms with E-state index < -0.39 is 0 Å². The second-order valence-corrected chi connectivity index (χ2v) is 8.43. The highest BCUT2D eigenvalue weighted by Crippen LogP contribution is 2.37. The van der Waals surface area contributed by atoms with E-state index in [1.165, 1.54) is 0 Å². The molecule has 0 bridgehead atoms. The lowest BCUT2D eigenvalue weighted by atomic mass is 10.1. The number of hydrogen-bond acceptors (Lipinski definition) is 5. The van der Waals surface area contributed by atoms with Gasteiger partial charge in [0.2, 0.25) is 0 Å². The number of rotatable bonds is 6. The summed E-state index contributed by atoms with van der Waals surface area (Å²) in [5, 5.41) is 0.766. The van der Waals surface area contributed by atoms with Gasteiger partial charge >= 0.3 is 0 Å². The van der Waals surface area contributed by atoms with E-state index in [0.717, 1.165) is 62.0 Å². The number of benzene rings is 1. The van der Waals surface area contributed by atoms with Gasteiger partial charge < -0.3 is 9.47 Å². The molecule has 0 saturated carbocycles. The van der Waals surface area contributed by atoms with E-state index in [1.807, 2.05) is 43.5 Å². The third-order valence-corrected chi connectivity index (χ3v) is 6.37. The van der Waals surface area contributed by atoms with Crippen LogP contribution in [-0.4, -0.2) is 22.8 Å². The third-order valence-electron chi connectivity index (χ3n) is 5.27. The SMILES string of the molecule is CCCOc1c(/C=C2\CCn3c2nc2sc(C)c(C)c2c3=O)cccc1OCC. The molecule has 0 fully saturated rings. The molecule has 0 atom stereocenters. The molecule has 0 unspecified atom stereocenters. The van der Waals surface area contributed by atoms with Crippen LogP contribution >= 0.6 is 11.3 Å². The topological polar surface area (TPSA) is 53.4 Å². The van der Waals surface area contributed by atoms with Crippen molar-refractivity contribution in [2.75, 3.05) is 13.2 Å². The number of fused-ring (bicyclic) bond motifs is 2. The lowest BCUT2D eigenvalue weighted by Crippen LogP contribution is -2.20. The van der Waals surface area contributed by atoms with E-state index in [-0.39, 0.29) is 5.56 Å². The fourth-order valence-electron chi connectivity index (χ4n) is 3.72. The van der Waals surface area contributed by atoms with Gasteiger partial charge in [0, 0.05) is 17.0 Å². The highest BCUT2D eigenvalue weighted by molar-refractivity contribution is 7.18. The first-order valence-corrected chi connectivity index (χ1v) is 11.0. The average Bonchev–Trinajstić information content (AvgIpc) is 3.23. The maximum Gasteiger partial charge on any atom is 0.262 e. The van der Waals surface area contributed by atoms with Crippen LogP contribution in [0.5, 0.6) is 11.5 Å². The largest absolute Gasteiger partial charge is 0.490 e. The maximum atomic E-state index is 13.1. The molecule has 0 amide bonds. The number of para-hydroxylation sites is 1. The lowest BCUT2D eigenvalue weighted by molar-refractivity contribution is 0.276. The van der Waals surface area contributed by atoms with Crippen LogP contribution in [0.3, 0.4) is 0 Å². The zero-order chi connectivity index (χ0) is 20.5. The molecular weight excluding hydrogens is 384 g/mol. The Labute approximate surface area is 174 Å². The number of thiophene rings is 1. The summed E-state index contributed by atoms with van der Waals surface area (Å²) in [6, 6.07) is 5.93. The van der Waals surface area contributed by atoms with E-state index in [1.54, 1.807) is 11.3 Å². The molecule has 3 aromatic rings. The van der Waals surface area contributed by atoms with Crippen molar-refractivity contribution in [1.82, 2.24) is 9.55 Å². The Morgan fingerprint density at radius 2 is 2.07 bits per heavy atom. The van der Waals surface area contributed by atoms with Crippen molar-refractivity contribution < 1.29 is 9.47 Å². The number of aryl methyl sites for hydroxylation is 2. The quantitative estimate of drug-likeness (QED) is 0.560. The van der Waals surface area contributed by atoms with Crippen LogP contribution < -0.4 is 15.0 Å².